The number of aromatic hydroxyl groups is 1. The molecule has 0 unspecified atom stereocenters. The van der Waals surface area contributed by atoms with Crippen LogP contribution in [-0.2, 0) is 0 Å². The number of benzene rings is 3. The normalized spacial score (nSPS) is 10.6. The molecule has 0 amide bonds. The number of nitrogens with zero attached hydrogens (tertiary/aromatic N) is 3. The summed E-state index contributed by atoms with van der Waals surface area (Å²) in [5.74, 6) is 2.44. The maximum Gasteiger partial charge on any atom is 0.167 e. The van der Waals surface area contributed by atoms with Crippen molar-refractivity contribution in [2.24, 2.45) is 0 Å². The van der Waals surface area contributed by atoms with Crippen LogP contribution in [0.4, 0.5) is 0 Å². The molecule has 0 atom stereocenters. The number of phenols is 1. The third-order valence-corrected chi connectivity index (χ3v) is 4.24. The zero-order valence-electron chi connectivity index (χ0n) is 15.4. The van der Waals surface area contributed by atoms with Gasteiger partial charge in [-0.2, -0.15) is 0 Å². The van der Waals surface area contributed by atoms with Crippen LogP contribution in [0.1, 0.15) is 6.92 Å². The number of hydrogen-bond acceptors (Lipinski definition) is 5. The van der Waals surface area contributed by atoms with Gasteiger partial charge in [0.05, 0.1) is 12.2 Å². The zero-order chi connectivity index (χ0) is 19.3. The summed E-state index contributed by atoms with van der Waals surface area (Å²) in [6.45, 7) is 2.56. The van der Waals surface area contributed by atoms with Crippen molar-refractivity contribution in [2.75, 3.05) is 6.61 Å². The van der Waals surface area contributed by atoms with Crippen molar-refractivity contribution in [3.63, 3.8) is 0 Å². The molecule has 1 N–H and O–H groups in total. The van der Waals surface area contributed by atoms with Gasteiger partial charge in [0, 0.05) is 11.1 Å². The van der Waals surface area contributed by atoms with E-state index in [-0.39, 0.29) is 5.75 Å². The standard InChI is InChI=1S/C23H19N3O2/c1-2-28-18-14-12-17(13-15-18)22-24-21(16-8-4-3-5-9-16)25-23(26-22)19-10-6-7-11-20(19)27/h3-15,27H,2H2,1H3. The molecule has 5 nitrogen and oxygen atoms in total. The second kappa shape index (κ2) is 7.88. The van der Waals surface area contributed by atoms with Gasteiger partial charge in [-0.15, -0.1) is 0 Å². The Balaban J connectivity index is 1.86. The van der Waals surface area contributed by atoms with Crippen LogP contribution in [0.2, 0.25) is 0 Å². The van der Waals surface area contributed by atoms with Crippen molar-refractivity contribution in [1.82, 2.24) is 15.0 Å². The van der Waals surface area contributed by atoms with Crippen LogP contribution in [0.3, 0.4) is 0 Å². The highest BCUT2D eigenvalue weighted by molar-refractivity contribution is 5.69. The van der Waals surface area contributed by atoms with Crippen LogP contribution < -0.4 is 4.74 Å². The smallest absolute Gasteiger partial charge is 0.167 e. The van der Waals surface area contributed by atoms with E-state index in [9.17, 15) is 5.11 Å². The van der Waals surface area contributed by atoms with E-state index in [0.29, 0.717) is 29.6 Å². The topological polar surface area (TPSA) is 68.1 Å². The molecule has 0 saturated carbocycles. The monoisotopic (exact) mass is 369 g/mol. The molecule has 1 heterocycles. The molecule has 1 aromatic heterocycles. The summed E-state index contributed by atoms with van der Waals surface area (Å²) in [4.78, 5) is 13.9. The van der Waals surface area contributed by atoms with Gasteiger partial charge in [0.2, 0.25) is 0 Å². The Morgan fingerprint density at radius 1 is 0.679 bits per heavy atom. The number of para-hydroxylation sites is 1. The fourth-order valence-corrected chi connectivity index (χ4v) is 2.87. The summed E-state index contributed by atoms with van der Waals surface area (Å²) in [5, 5.41) is 10.3. The van der Waals surface area contributed by atoms with Crippen molar-refractivity contribution in [2.45, 2.75) is 6.92 Å². The highest BCUT2D eigenvalue weighted by atomic mass is 16.5. The molecule has 4 rings (SSSR count). The summed E-state index contributed by atoms with van der Waals surface area (Å²) in [7, 11) is 0. The Kier molecular flexibility index (Phi) is 4.97. The Morgan fingerprint density at radius 3 is 1.89 bits per heavy atom. The molecule has 0 spiro atoms. The van der Waals surface area contributed by atoms with Gasteiger partial charge in [-0.1, -0.05) is 42.5 Å². The molecule has 0 aliphatic heterocycles. The van der Waals surface area contributed by atoms with Crippen LogP contribution in [0.5, 0.6) is 11.5 Å². The van der Waals surface area contributed by atoms with Gasteiger partial charge in [-0.3, -0.25) is 0 Å². The maximum atomic E-state index is 10.3. The molecule has 3 aromatic carbocycles. The minimum absolute atomic E-state index is 0.130. The SMILES string of the molecule is CCOc1ccc(-c2nc(-c3ccccc3)nc(-c3ccccc3O)n2)cc1. The summed E-state index contributed by atoms with van der Waals surface area (Å²) in [6, 6.07) is 24.4. The zero-order valence-corrected chi connectivity index (χ0v) is 15.4. The van der Waals surface area contributed by atoms with Gasteiger partial charge < -0.3 is 9.84 Å². The minimum atomic E-state index is 0.130. The number of phenolic OH excluding ortho intramolecular Hbond substituents is 1. The summed E-state index contributed by atoms with van der Waals surface area (Å²) in [6.07, 6.45) is 0. The van der Waals surface area contributed by atoms with E-state index in [2.05, 4.69) is 15.0 Å². The first-order valence-electron chi connectivity index (χ1n) is 9.07. The average Bonchev–Trinajstić information content (AvgIpc) is 2.75. The lowest BCUT2D eigenvalue weighted by Crippen LogP contribution is -2.00. The van der Waals surface area contributed by atoms with Crippen LogP contribution >= 0.6 is 0 Å². The highest BCUT2D eigenvalue weighted by Gasteiger charge is 2.14. The van der Waals surface area contributed by atoms with E-state index >= 15 is 0 Å². The van der Waals surface area contributed by atoms with Crippen LogP contribution in [0.15, 0.2) is 78.9 Å². The van der Waals surface area contributed by atoms with E-state index in [1.54, 1.807) is 18.2 Å². The van der Waals surface area contributed by atoms with Crippen molar-refractivity contribution < 1.29 is 9.84 Å². The van der Waals surface area contributed by atoms with Crippen molar-refractivity contribution in [3.05, 3.63) is 78.9 Å². The number of rotatable bonds is 5. The Labute approximate surface area is 163 Å². The van der Waals surface area contributed by atoms with Crippen LogP contribution in [0.25, 0.3) is 34.2 Å². The lowest BCUT2D eigenvalue weighted by molar-refractivity contribution is 0.340. The number of ether oxygens (including phenoxy) is 1. The van der Waals surface area contributed by atoms with Crippen molar-refractivity contribution in [1.29, 1.82) is 0 Å². The lowest BCUT2D eigenvalue weighted by Gasteiger charge is -2.09. The molecule has 138 valence electrons. The molecule has 28 heavy (non-hydrogen) atoms. The first-order chi connectivity index (χ1) is 13.7. The third-order valence-electron chi connectivity index (χ3n) is 4.24. The predicted octanol–water partition coefficient (Wildman–Crippen LogP) is 4.98. The maximum absolute atomic E-state index is 10.3. The average molecular weight is 369 g/mol. The van der Waals surface area contributed by atoms with E-state index in [1.807, 2.05) is 67.6 Å². The van der Waals surface area contributed by atoms with E-state index < -0.39 is 0 Å². The van der Waals surface area contributed by atoms with Gasteiger partial charge in [-0.25, -0.2) is 15.0 Å². The Bertz CT molecular complexity index is 1080. The van der Waals surface area contributed by atoms with Gasteiger partial charge in [0.1, 0.15) is 11.5 Å². The molecule has 0 aliphatic carbocycles. The van der Waals surface area contributed by atoms with E-state index in [1.165, 1.54) is 0 Å². The summed E-state index contributed by atoms with van der Waals surface area (Å²) in [5.41, 5.74) is 2.29. The molecule has 0 aliphatic rings. The van der Waals surface area contributed by atoms with Crippen molar-refractivity contribution in [3.8, 4) is 45.7 Å². The minimum Gasteiger partial charge on any atom is -0.507 e. The molecule has 4 aromatic rings. The molecule has 0 fully saturated rings. The van der Waals surface area contributed by atoms with Gasteiger partial charge >= 0.3 is 0 Å². The second-order valence-corrected chi connectivity index (χ2v) is 6.15. The first-order valence-corrected chi connectivity index (χ1v) is 9.07. The fourth-order valence-electron chi connectivity index (χ4n) is 2.87. The lowest BCUT2D eigenvalue weighted by atomic mass is 10.1. The first kappa shape index (κ1) is 17.7. The fraction of sp³-hybridized carbons (Fsp3) is 0.0870. The summed E-state index contributed by atoms with van der Waals surface area (Å²) < 4.78 is 5.51. The molecule has 0 radical (unpaired) electrons. The Hall–Kier alpha value is -3.73. The van der Waals surface area contributed by atoms with E-state index in [0.717, 1.165) is 16.9 Å². The number of aromatic nitrogens is 3. The van der Waals surface area contributed by atoms with Crippen LogP contribution in [-0.4, -0.2) is 26.7 Å². The highest BCUT2D eigenvalue weighted by Crippen LogP contribution is 2.29. The molecular weight excluding hydrogens is 350 g/mol. The van der Waals surface area contributed by atoms with Gasteiger partial charge in [0.25, 0.3) is 0 Å². The molecular formula is C23H19N3O2. The third kappa shape index (κ3) is 3.69. The Morgan fingerprint density at radius 2 is 1.25 bits per heavy atom. The number of hydrogen-bond donors (Lipinski definition) is 1. The summed E-state index contributed by atoms with van der Waals surface area (Å²) >= 11 is 0. The van der Waals surface area contributed by atoms with Gasteiger partial charge in [0.15, 0.2) is 17.5 Å². The second-order valence-electron chi connectivity index (χ2n) is 6.15. The quantitative estimate of drug-likeness (QED) is 0.537. The van der Waals surface area contributed by atoms with Crippen molar-refractivity contribution >= 4 is 0 Å². The molecule has 0 saturated heterocycles. The predicted molar refractivity (Wildman–Crippen MR) is 109 cm³/mol. The molecule has 5 heteroatoms. The van der Waals surface area contributed by atoms with E-state index in [4.69, 9.17) is 4.74 Å². The molecule has 0 bridgehead atoms. The van der Waals surface area contributed by atoms with Gasteiger partial charge in [-0.05, 0) is 43.3 Å². The largest absolute Gasteiger partial charge is 0.507 e. The van der Waals surface area contributed by atoms with Crippen LogP contribution in [0, 0.1) is 0 Å².